The van der Waals surface area contributed by atoms with Crippen LogP contribution in [0.4, 0.5) is 0 Å². The van der Waals surface area contributed by atoms with Crippen molar-refractivity contribution in [3.8, 4) is 11.5 Å². The highest BCUT2D eigenvalue weighted by molar-refractivity contribution is 7.89. The molecule has 2 rings (SSSR count). The average Bonchev–Trinajstić information content (AvgIpc) is 2.62. The normalized spacial score (nSPS) is 12.6. The van der Waals surface area contributed by atoms with Crippen molar-refractivity contribution in [2.45, 2.75) is 11.0 Å². The van der Waals surface area contributed by atoms with Gasteiger partial charge < -0.3 is 14.2 Å². The summed E-state index contributed by atoms with van der Waals surface area (Å²) in [6.07, 6.45) is -0.423. The Morgan fingerprint density at radius 3 is 2.21 bits per heavy atom. The van der Waals surface area contributed by atoms with E-state index in [1.807, 2.05) is 24.3 Å². The first-order chi connectivity index (χ1) is 11.5. The van der Waals surface area contributed by atoms with Crippen molar-refractivity contribution in [3.63, 3.8) is 0 Å². The number of nitrogens with one attached hydrogen (secondary N) is 1. The van der Waals surface area contributed by atoms with Gasteiger partial charge in [0, 0.05) is 13.7 Å². The van der Waals surface area contributed by atoms with Crippen molar-refractivity contribution in [3.05, 3.63) is 54.1 Å². The standard InChI is InChI=1S/C17H21NO5S/c1-21-14-7-9-16(10-8-14)24(19,20)18-12-17(23-3)13-5-4-6-15(11-13)22-2/h4-11,17-18H,12H2,1-3H3. The molecule has 0 fully saturated rings. The van der Waals surface area contributed by atoms with Gasteiger partial charge in [0.15, 0.2) is 0 Å². The zero-order valence-electron chi connectivity index (χ0n) is 13.9. The summed E-state index contributed by atoms with van der Waals surface area (Å²) >= 11 is 0. The third-order valence-electron chi connectivity index (χ3n) is 3.58. The fourth-order valence-electron chi connectivity index (χ4n) is 2.20. The lowest BCUT2D eigenvalue weighted by Gasteiger charge is -2.17. The first kappa shape index (κ1) is 18.3. The maximum Gasteiger partial charge on any atom is 0.240 e. The molecule has 6 nitrogen and oxygen atoms in total. The highest BCUT2D eigenvalue weighted by Crippen LogP contribution is 2.22. The summed E-state index contributed by atoms with van der Waals surface area (Å²) < 4.78 is 42.9. The van der Waals surface area contributed by atoms with Gasteiger partial charge in [-0.2, -0.15) is 0 Å². The van der Waals surface area contributed by atoms with Gasteiger partial charge in [0.25, 0.3) is 0 Å². The van der Waals surface area contributed by atoms with E-state index in [0.717, 1.165) is 5.56 Å². The molecule has 0 aromatic heterocycles. The smallest absolute Gasteiger partial charge is 0.240 e. The Labute approximate surface area is 142 Å². The average molecular weight is 351 g/mol. The molecule has 0 aliphatic rings. The minimum Gasteiger partial charge on any atom is -0.497 e. The van der Waals surface area contributed by atoms with E-state index in [1.165, 1.54) is 26.4 Å². The van der Waals surface area contributed by atoms with Gasteiger partial charge in [0.2, 0.25) is 10.0 Å². The van der Waals surface area contributed by atoms with Crippen molar-refractivity contribution < 1.29 is 22.6 Å². The summed E-state index contributed by atoms with van der Waals surface area (Å²) in [5.74, 6) is 1.28. The maximum atomic E-state index is 12.4. The van der Waals surface area contributed by atoms with Gasteiger partial charge in [-0.25, -0.2) is 13.1 Å². The molecule has 1 N–H and O–H groups in total. The summed E-state index contributed by atoms with van der Waals surface area (Å²) in [7, 11) is 1.01. The van der Waals surface area contributed by atoms with Crippen LogP contribution in [0.3, 0.4) is 0 Å². The minimum absolute atomic E-state index is 0.109. The van der Waals surface area contributed by atoms with Crippen LogP contribution in [0, 0.1) is 0 Å². The molecule has 0 aliphatic heterocycles. The monoisotopic (exact) mass is 351 g/mol. The molecule has 0 saturated heterocycles. The zero-order valence-corrected chi connectivity index (χ0v) is 14.7. The molecule has 1 unspecified atom stereocenters. The van der Waals surface area contributed by atoms with Crippen LogP contribution in [-0.2, 0) is 14.8 Å². The van der Waals surface area contributed by atoms with E-state index in [-0.39, 0.29) is 11.4 Å². The van der Waals surface area contributed by atoms with Gasteiger partial charge in [-0.05, 0) is 42.0 Å². The van der Waals surface area contributed by atoms with Gasteiger partial charge in [0.1, 0.15) is 11.5 Å². The zero-order chi connectivity index (χ0) is 17.6. The summed E-state index contributed by atoms with van der Waals surface area (Å²) in [6.45, 7) is 0.109. The van der Waals surface area contributed by atoms with Crippen LogP contribution in [-0.4, -0.2) is 36.3 Å². The van der Waals surface area contributed by atoms with E-state index in [1.54, 1.807) is 19.2 Å². The molecule has 130 valence electrons. The van der Waals surface area contributed by atoms with Crippen LogP contribution in [0.2, 0.25) is 0 Å². The molecule has 0 heterocycles. The number of ether oxygens (including phenoxy) is 3. The van der Waals surface area contributed by atoms with Gasteiger partial charge in [-0.3, -0.25) is 0 Å². The largest absolute Gasteiger partial charge is 0.497 e. The van der Waals surface area contributed by atoms with Crippen LogP contribution in [0.15, 0.2) is 53.4 Å². The van der Waals surface area contributed by atoms with Crippen molar-refractivity contribution in [1.29, 1.82) is 0 Å². The Bertz CT molecular complexity index is 759. The second-order valence-corrected chi connectivity index (χ2v) is 6.80. The number of sulfonamides is 1. The third-order valence-corrected chi connectivity index (χ3v) is 5.02. The second kappa shape index (κ2) is 8.14. The Hall–Kier alpha value is -2.09. The van der Waals surface area contributed by atoms with Gasteiger partial charge in [-0.15, -0.1) is 0 Å². The molecule has 1 atom stereocenters. The molecule has 0 spiro atoms. The van der Waals surface area contributed by atoms with Crippen LogP contribution >= 0.6 is 0 Å². The van der Waals surface area contributed by atoms with Crippen molar-refractivity contribution >= 4 is 10.0 Å². The van der Waals surface area contributed by atoms with Gasteiger partial charge in [-0.1, -0.05) is 12.1 Å². The number of rotatable bonds is 8. The SMILES string of the molecule is COc1ccc(S(=O)(=O)NCC(OC)c2cccc(OC)c2)cc1. The van der Waals surface area contributed by atoms with Crippen LogP contribution in [0.1, 0.15) is 11.7 Å². The number of benzene rings is 2. The molecule has 0 aliphatic carbocycles. The molecular weight excluding hydrogens is 330 g/mol. The van der Waals surface area contributed by atoms with E-state index in [2.05, 4.69) is 4.72 Å². The highest BCUT2D eigenvalue weighted by atomic mass is 32.2. The van der Waals surface area contributed by atoms with E-state index >= 15 is 0 Å². The molecule has 2 aromatic carbocycles. The van der Waals surface area contributed by atoms with Crippen LogP contribution in [0.25, 0.3) is 0 Å². The molecular formula is C17H21NO5S. The first-order valence-corrected chi connectivity index (χ1v) is 8.79. The minimum atomic E-state index is -3.63. The molecule has 0 amide bonds. The van der Waals surface area contributed by atoms with E-state index in [4.69, 9.17) is 14.2 Å². The predicted octanol–water partition coefficient (Wildman–Crippen LogP) is 2.37. The Morgan fingerprint density at radius 2 is 1.62 bits per heavy atom. The fourth-order valence-corrected chi connectivity index (χ4v) is 3.23. The maximum absolute atomic E-state index is 12.4. The Balaban J connectivity index is 2.10. The predicted molar refractivity (Wildman–Crippen MR) is 90.9 cm³/mol. The Kier molecular flexibility index (Phi) is 6.19. The second-order valence-electron chi connectivity index (χ2n) is 5.03. The number of methoxy groups -OCH3 is 3. The summed E-state index contributed by atoms with van der Waals surface area (Å²) in [4.78, 5) is 0.170. The lowest BCUT2D eigenvalue weighted by molar-refractivity contribution is 0.107. The van der Waals surface area contributed by atoms with E-state index in [9.17, 15) is 8.42 Å². The molecule has 0 bridgehead atoms. The fraction of sp³-hybridized carbons (Fsp3) is 0.294. The third kappa shape index (κ3) is 4.47. The summed E-state index contributed by atoms with van der Waals surface area (Å²) in [5, 5.41) is 0. The quantitative estimate of drug-likeness (QED) is 0.790. The lowest BCUT2D eigenvalue weighted by atomic mass is 10.1. The number of hydrogen-bond acceptors (Lipinski definition) is 5. The topological polar surface area (TPSA) is 73.9 Å². The highest BCUT2D eigenvalue weighted by Gasteiger charge is 2.18. The molecule has 24 heavy (non-hydrogen) atoms. The van der Waals surface area contributed by atoms with Crippen LogP contribution < -0.4 is 14.2 Å². The Morgan fingerprint density at radius 1 is 0.958 bits per heavy atom. The van der Waals surface area contributed by atoms with E-state index in [0.29, 0.717) is 11.5 Å². The van der Waals surface area contributed by atoms with Gasteiger partial charge >= 0.3 is 0 Å². The summed E-state index contributed by atoms with van der Waals surface area (Å²) in [5.41, 5.74) is 0.828. The molecule has 0 radical (unpaired) electrons. The van der Waals surface area contributed by atoms with Crippen molar-refractivity contribution in [2.75, 3.05) is 27.9 Å². The molecule has 0 saturated carbocycles. The lowest BCUT2D eigenvalue weighted by Crippen LogP contribution is -2.29. The van der Waals surface area contributed by atoms with Crippen molar-refractivity contribution in [2.24, 2.45) is 0 Å². The number of hydrogen-bond donors (Lipinski definition) is 1. The summed E-state index contributed by atoms with van der Waals surface area (Å²) in [6, 6.07) is 13.5. The molecule has 2 aromatic rings. The van der Waals surface area contributed by atoms with Gasteiger partial charge in [0.05, 0.1) is 25.2 Å². The van der Waals surface area contributed by atoms with Crippen molar-refractivity contribution in [1.82, 2.24) is 4.72 Å². The first-order valence-electron chi connectivity index (χ1n) is 7.30. The van der Waals surface area contributed by atoms with E-state index < -0.39 is 16.1 Å². The molecule has 7 heteroatoms. The van der Waals surface area contributed by atoms with Crippen LogP contribution in [0.5, 0.6) is 11.5 Å².